The van der Waals surface area contributed by atoms with Crippen molar-refractivity contribution in [1.82, 2.24) is 15.5 Å². The summed E-state index contributed by atoms with van der Waals surface area (Å²) in [5.74, 6) is 1.28. The van der Waals surface area contributed by atoms with Gasteiger partial charge in [-0.3, -0.25) is 4.79 Å². The highest BCUT2D eigenvalue weighted by Gasteiger charge is 2.42. The fourth-order valence-electron chi connectivity index (χ4n) is 5.05. The number of nitrogens with zero attached hydrogens (tertiary/aromatic N) is 1. The van der Waals surface area contributed by atoms with Crippen LogP contribution in [0.15, 0.2) is 48.5 Å². The van der Waals surface area contributed by atoms with Gasteiger partial charge in [-0.2, -0.15) is 0 Å². The van der Waals surface area contributed by atoms with Gasteiger partial charge in [-0.15, -0.1) is 0 Å². The van der Waals surface area contributed by atoms with Crippen molar-refractivity contribution in [2.75, 3.05) is 40.3 Å². The molecule has 2 atom stereocenters. The van der Waals surface area contributed by atoms with E-state index in [-0.39, 0.29) is 11.8 Å². The van der Waals surface area contributed by atoms with Crippen molar-refractivity contribution in [3.63, 3.8) is 0 Å². The Balaban J connectivity index is 1.88. The second-order valence-electron chi connectivity index (χ2n) is 9.70. The van der Waals surface area contributed by atoms with E-state index in [2.05, 4.69) is 15.4 Å². The van der Waals surface area contributed by atoms with Crippen LogP contribution in [-0.2, 0) is 15.1 Å². The first-order valence-corrected chi connectivity index (χ1v) is 13.2. The summed E-state index contributed by atoms with van der Waals surface area (Å²) in [6.07, 6.45) is 3.33. The lowest BCUT2D eigenvalue weighted by Gasteiger charge is -2.43. The van der Waals surface area contributed by atoms with E-state index in [4.69, 9.17) is 4.74 Å². The Morgan fingerprint density at radius 1 is 1.08 bits per heavy atom. The lowest BCUT2D eigenvalue weighted by atomic mass is 9.74. The van der Waals surface area contributed by atoms with E-state index in [0.717, 1.165) is 37.1 Å². The number of hydrogen-bond acceptors (Lipinski definition) is 6. The van der Waals surface area contributed by atoms with Crippen LogP contribution in [0.25, 0.3) is 0 Å². The molecule has 0 radical (unpaired) electrons. The normalized spacial score (nSPS) is 17.1. The summed E-state index contributed by atoms with van der Waals surface area (Å²) >= 11 is 0. The van der Waals surface area contributed by atoms with Crippen molar-refractivity contribution in [2.45, 2.75) is 51.0 Å². The number of benzene rings is 2. The first-order chi connectivity index (χ1) is 17.9. The van der Waals surface area contributed by atoms with Gasteiger partial charge in [0, 0.05) is 37.5 Å². The lowest BCUT2D eigenvalue weighted by molar-refractivity contribution is -0.136. The van der Waals surface area contributed by atoms with Crippen molar-refractivity contribution < 1.29 is 24.2 Å². The molecule has 8 heteroatoms. The molecule has 1 heterocycles. The second-order valence-corrected chi connectivity index (χ2v) is 9.70. The van der Waals surface area contributed by atoms with Crippen molar-refractivity contribution >= 4 is 12.0 Å². The largest absolute Gasteiger partial charge is 0.457 e. The number of para-hydroxylation sites is 2. The van der Waals surface area contributed by atoms with Gasteiger partial charge in [-0.05, 0) is 70.3 Å². The van der Waals surface area contributed by atoms with Crippen molar-refractivity contribution in [2.24, 2.45) is 5.92 Å². The zero-order valence-corrected chi connectivity index (χ0v) is 22.3. The summed E-state index contributed by atoms with van der Waals surface area (Å²) in [6.45, 7) is 4.34. The van der Waals surface area contributed by atoms with Gasteiger partial charge in [0.2, 0.25) is 5.91 Å². The highest BCUT2D eigenvalue weighted by atomic mass is 16.5. The molecular formula is C29H41N3O5. The van der Waals surface area contributed by atoms with Crippen LogP contribution in [0.5, 0.6) is 11.5 Å². The van der Waals surface area contributed by atoms with Crippen LogP contribution in [0.3, 0.4) is 0 Å². The second kappa shape index (κ2) is 14.0. The summed E-state index contributed by atoms with van der Waals surface area (Å²) < 4.78 is 11.0. The quantitative estimate of drug-likeness (QED) is 0.367. The maximum absolute atomic E-state index is 12.9. The molecule has 37 heavy (non-hydrogen) atoms. The summed E-state index contributed by atoms with van der Waals surface area (Å²) in [4.78, 5) is 26.4. The zero-order chi connectivity index (χ0) is 26.7. The molecule has 2 amide bonds. The number of amides is 2. The van der Waals surface area contributed by atoms with Crippen LogP contribution in [0.2, 0.25) is 0 Å². The van der Waals surface area contributed by atoms with E-state index < -0.39 is 11.7 Å². The Morgan fingerprint density at radius 2 is 1.81 bits per heavy atom. The van der Waals surface area contributed by atoms with Crippen LogP contribution < -0.4 is 15.4 Å². The molecule has 0 saturated carbocycles. The molecule has 3 N–H and O–H groups in total. The minimum absolute atomic E-state index is 0.124. The molecule has 2 aromatic carbocycles. The van der Waals surface area contributed by atoms with Gasteiger partial charge in [0.25, 0.3) is 0 Å². The molecule has 1 fully saturated rings. The lowest BCUT2D eigenvalue weighted by Crippen LogP contribution is -2.48. The van der Waals surface area contributed by atoms with Crippen LogP contribution >= 0.6 is 0 Å². The first-order valence-electron chi connectivity index (χ1n) is 13.2. The van der Waals surface area contributed by atoms with Crippen molar-refractivity contribution in [3.8, 4) is 11.5 Å². The maximum atomic E-state index is 12.9. The van der Waals surface area contributed by atoms with Crippen LogP contribution in [0.1, 0.15) is 49.7 Å². The number of ether oxygens (including phenoxy) is 2. The number of carbonyl (C=O) groups excluding carboxylic acids is 2. The minimum atomic E-state index is -1.25. The predicted molar refractivity (Wildman–Crippen MR) is 144 cm³/mol. The molecule has 3 rings (SSSR count). The SMILES string of the molecule is CNCCCC(=O)N1CCCC(C(O)(CCCNC(=O)OC)c2ccccc2Oc2ccccc2C)C1. The minimum Gasteiger partial charge on any atom is -0.457 e. The summed E-state index contributed by atoms with van der Waals surface area (Å²) in [5, 5.41) is 18.2. The van der Waals surface area contributed by atoms with Gasteiger partial charge >= 0.3 is 6.09 Å². The summed E-state index contributed by atoms with van der Waals surface area (Å²) in [5.41, 5.74) is 0.450. The van der Waals surface area contributed by atoms with Crippen molar-refractivity contribution in [3.05, 3.63) is 59.7 Å². The molecule has 1 saturated heterocycles. The van der Waals surface area contributed by atoms with Crippen LogP contribution in [0.4, 0.5) is 4.79 Å². The third kappa shape index (κ3) is 7.69. The molecule has 0 aliphatic carbocycles. The number of rotatable bonds is 12. The van der Waals surface area contributed by atoms with E-state index in [1.165, 1.54) is 7.11 Å². The van der Waals surface area contributed by atoms with Crippen LogP contribution in [0, 0.1) is 12.8 Å². The van der Waals surface area contributed by atoms with E-state index >= 15 is 0 Å². The number of nitrogens with one attached hydrogen (secondary N) is 2. The van der Waals surface area contributed by atoms with Gasteiger partial charge in [0.1, 0.15) is 11.5 Å². The fourth-order valence-corrected chi connectivity index (χ4v) is 5.05. The third-order valence-electron chi connectivity index (χ3n) is 7.12. The highest BCUT2D eigenvalue weighted by Crippen LogP contribution is 2.44. The monoisotopic (exact) mass is 511 g/mol. The summed E-state index contributed by atoms with van der Waals surface area (Å²) in [6, 6.07) is 15.4. The van der Waals surface area contributed by atoms with Gasteiger partial charge < -0.3 is 30.1 Å². The number of hydrogen-bond donors (Lipinski definition) is 3. The number of alkyl carbamates (subject to hydrolysis) is 1. The molecule has 202 valence electrons. The predicted octanol–water partition coefficient (Wildman–Crippen LogP) is 4.35. The van der Waals surface area contributed by atoms with E-state index in [1.54, 1.807) is 0 Å². The molecule has 8 nitrogen and oxygen atoms in total. The maximum Gasteiger partial charge on any atom is 0.406 e. The number of aryl methyl sites for hydroxylation is 1. The standard InChI is InChI=1S/C29H41N3O5/c1-22-11-4-6-14-25(22)37-26-15-7-5-13-24(26)29(35,17-10-19-31-28(34)36-3)23-12-9-20-32(21-23)27(33)16-8-18-30-2/h4-7,11,13-15,23,30,35H,8-10,12,16-21H2,1-3H3,(H,31,34). The average Bonchev–Trinajstić information content (AvgIpc) is 2.92. The molecule has 1 aliphatic rings. The molecule has 0 bridgehead atoms. The van der Waals surface area contributed by atoms with Gasteiger partial charge in [-0.25, -0.2) is 4.79 Å². The van der Waals surface area contributed by atoms with Gasteiger partial charge in [0.15, 0.2) is 0 Å². The van der Waals surface area contributed by atoms with Crippen molar-refractivity contribution in [1.29, 1.82) is 0 Å². The fraction of sp³-hybridized carbons (Fsp3) is 0.517. The Hall–Kier alpha value is -3.10. The van der Waals surface area contributed by atoms with E-state index in [1.807, 2.05) is 67.4 Å². The first kappa shape index (κ1) is 28.5. The van der Waals surface area contributed by atoms with Crippen LogP contribution in [-0.4, -0.2) is 62.3 Å². The number of likely N-dealkylation sites (tertiary alicyclic amines) is 1. The van der Waals surface area contributed by atoms with Gasteiger partial charge in [-0.1, -0.05) is 36.4 Å². The highest BCUT2D eigenvalue weighted by molar-refractivity contribution is 5.76. The molecule has 1 aliphatic heterocycles. The average molecular weight is 512 g/mol. The number of carbonyl (C=O) groups is 2. The Kier molecular flexibility index (Phi) is 10.8. The Morgan fingerprint density at radius 3 is 2.54 bits per heavy atom. The Bertz CT molecular complexity index is 1030. The number of aliphatic hydroxyl groups is 1. The van der Waals surface area contributed by atoms with Gasteiger partial charge in [0.05, 0.1) is 12.7 Å². The molecule has 0 aromatic heterocycles. The molecule has 0 spiro atoms. The van der Waals surface area contributed by atoms with E-state index in [9.17, 15) is 14.7 Å². The zero-order valence-electron chi connectivity index (χ0n) is 22.3. The van der Waals surface area contributed by atoms with E-state index in [0.29, 0.717) is 50.2 Å². The number of methoxy groups -OCH3 is 1. The third-order valence-corrected chi connectivity index (χ3v) is 7.12. The molecule has 2 aromatic rings. The molecular weight excluding hydrogens is 470 g/mol. The molecule has 2 unspecified atom stereocenters. The number of piperidine rings is 1. The smallest absolute Gasteiger partial charge is 0.406 e. The summed E-state index contributed by atoms with van der Waals surface area (Å²) in [7, 11) is 3.21. The topological polar surface area (TPSA) is 100 Å². The Labute approximate surface area is 220 Å².